The lowest BCUT2D eigenvalue weighted by molar-refractivity contribution is 0.0398. The van der Waals surface area contributed by atoms with Gasteiger partial charge in [0.1, 0.15) is 0 Å². The van der Waals surface area contributed by atoms with Crippen LogP contribution in [0, 0.1) is 12.0 Å². The summed E-state index contributed by atoms with van der Waals surface area (Å²) in [5, 5.41) is 6.39. The highest BCUT2D eigenvalue weighted by atomic mass is 16.5. The van der Waals surface area contributed by atoms with Gasteiger partial charge in [-0.1, -0.05) is 30.2 Å². The normalized spacial score (nSPS) is 17.2. The van der Waals surface area contributed by atoms with Gasteiger partial charge < -0.3 is 15.0 Å². The van der Waals surface area contributed by atoms with Crippen LogP contribution in [0.5, 0.6) is 0 Å². The summed E-state index contributed by atoms with van der Waals surface area (Å²) < 4.78 is 5.42. The maximum absolute atomic E-state index is 5.42. The molecule has 2 aromatic rings. The third-order valence-electron chi connectivity index (χ3n) is 5.05. The van der Waals surface area contributed by atoms with Gasteiger partial charge in [-0.2, -0.15) is 0 Å². The van der Waals surface area contributed by atoms with E-state index >= 15 is 0 Å². The Hall–Kier alpha value is -2.22. The van der Waals surface area contributed by atoms with Crippen molar-refractivity contribution in [2.45, 2.75) is 20.0 Å². The molecule has 0 aromatic heterocycles. The zero-order valence-electron chi connectivity index (χ0n) is 14.8. The Labute approximate surface area is 149 Å². The molecule has 4 heteroatoms. The molecular weight excluding hydrogens is 310 g/mol. The van der Waals surface area contributed by atoms with Gasteiger partial charge in [-0.05, 0) is 29.5 Å². The van der Waals surface area contributed by atoms with Crippen molar-refractivity contribution in [2.75, 3.05) is 44.7 Å². The molecule has 130 valence electrons. The van der Waals surface area contributed by atoms with Crippen molar-refractivity contribution in [3.63, 3.8) is 0 Å². The predicted octanol–water partition coefficient (Wildman–Crippen LogP) is 2.88. The molecular formula is C21H25N3O. The molecule has 2 aliphatic heterocycles. The van der Waals surface area contributed by atoms with Crippen molar-refractivity contribution in [1.29, 1.82) is 0 Å². The highest BCUT2D eigenvalue weighted by Crippen LogP contribution is 2.34. The van der Waals surface area contributed by atoms with E-state index in [1.165, 1.54) is 27.6 Å². The van der Waals surface area contributed by atoms with Crippen molar-refractivity contribution in [3.8, 4) is 12.0 Å². The summed E-state index contributed by atoms with van der Waals surface area (Å²) in [4.78, 5) is 4.66. The molecule has 0 spiro atoms. The molecule has 25 heavy (non-hydrogen) atoms. The van der Waals surface area contributed by atoms with Crippen LogP contribution in [-0.4, -0.2) is 49.2 Å². The first-order chi connectivity index (χ1) is 12.3. The van der Waals surface area contributed by atoms with Crippen molar-refractivity contribution >= 4 is 16.5 Å². The molecule has 2 aromatic carbocycles. The minimum atomic E-state index is 0.859. The molecule has 0 amide bonds. The van der Waals surface area contributed by atoms with E-state index in [-0.39, 0.29) is 0 Å². The lowest BCUT2D eigenvalue weighted by Gasteiger charge is -2.28. The lowest BCUT2D eigenvalue weighted by atomic mass is 9.94. The number of nitrogens with one attached hydrogen (secondary N) is 1. The fraction of sp³-hybridized carbons (Fsp3) is 0.429. The fourth-order valence-electron chi connectivity index (χ4n) is 3.86. The summed E-state index contributed by atoms with van der Waals surface area (Å²) in [5.74, 6) is 3.02. The van der Waals surface area contributed by atoms with Crippen molar-refractivity contribution in [3.05, 3.63) is 41.5 Å². The van der Waals surface area contributed by atoms with Crippen LogP contribution in [0.4, 0.5) is 5.69 Å². The predicted molar refractivity (Wildman–Crippen MR) is 102 cm³/mol. The molecule has 2 aliphatic rings. The number of morpholine rings is 1. The van der Waals surface area contributed by atoms with Gasteiger partial charge in [-0.25, -0.2) is 0 Å². The van der Waals surface area contributed by atoms with Crippen molar-refractivity contribution < 1.29 is 4.74 Å². The average molecular weight is 335 g/mol. The highest BCUT2D eigenvalue weighted by molar-refractivity contribution is 5.98. The summed E-state index contributed by atoms with van der Waals surface area (Å²) >= 11 is 0. The summed E-state index contributed by atoms with van der Waals surface area (Å²) in [7, 11) is 0. The van der Waals surface area contributed by atoms with E-state index in [2.05, 4.69) is 57.4 Å². The number of ether oxygens (including phenoxy) is 1. The molecule has 1 saturated heterocycles. The molecule has 4 rings (SSSR count). The van der Waals surface area contributed by atoms with Gasteiger partial charge >= 0.3 is 0 Å². The minimum Gasteiger partial charge on any atom is -0.383 e. The van der Waals surface area contributed by atoms with E-state index in [1.54, 1.807) is 0 Å². The molecule has 0 bridgehead atoms. The van der Waals surface area contributed by atoms with Gasteiger partial charge in [-0.15, -0.1) is 0 Å². The Bertz CT molecular complexity index is 803. The van der Waals surface area contributed by atoms with Crippen molar-refractivity contribution in [2.24, 2.45) is 0 Å². The van der Waals surface area contributed by atoms with E-state index in [4.69, 9.17) is 4.74 Å². The van der Waals surface area contributed by atoms with Crippen LogP contribution in [0.1, 0.15) is 18.1 Å². The maximum atomic E-state index is 5.42. The molecule has 4 nitrogen and oxygen atoms in total. The first kappa shape index (κ1) is 16.3. The zero-order valence-corrected chi connectivity index (χ0v) is 14.8. The fourth-order valence-corrected chi connectivity index (χ4v) is 3.86. The van der Waals surface area contributed by atoms with E-state index in [0.29, 0.717) is 0 Å². The van der Waals surface area contributed by atoms with Crippen LogP contribution >= 0.6 is 0 Å². The molecule has 0 aliphatic carbocycles. The quantitative estimate of drug-likeness (QED) is 0.870. The van der Waals surface area contributed by atoms with E-state index < -0.39 is 0 Å². The second-order valence-corrected chi connectivity index (χ2v) is 6.71. The van der Waals surface area contributed by atoms with Gasteiger partial charge in [-0.3, -0.25) is 4.90 Å². The summed E-state index contributed by atoms with van der Waals surface area (Å²) in [6, 6.07) is 14.3. The summed E-state index contributed by atoms with van der Waals surface area (Å²) in [6.07, 6.45) is 0. The van der Waals surface area contributed by atoms with Crippen LogP contribution in [0.3, 0.4) is 0 Å². The first-order valence-electron chi connectivity index (χ1n) is 9.10. The van der Waals surface area contributed by atoms with E-state index in [0.717, 1.165) is 52.5 Å². The van der Waals surface area contributed by atoms with Crippen LogP contribution < -0.4 is 5.32 Å². The first-order valence-corrected chi connectivity index (χ1v) is 9.10. The molecule has 0 atom stereocenters. The molecule has 1 N–H and O–H groups in total. The van der Waals surface area contributed by atoms with Gasteiger partial charge in [0, 0.05) is 43.3 Å². The number of rotatable bonds is 4. The SMILES string of the molecule is CC#CN1Cc2cccc3c(NCCN4CCOCC4)ccc(c23)C1. The van der Waals surface area contributed by atoms with Gasteiger partial charge in [0.2, 0.25) is 0 Å². The smallest absolute Gasteiger partial charge is 0.0594 e. The largest absolute Gasteiger partial charge is 0.383 e. The van der Waals surface area contributed by atoms with Crippen molar-refractivity contribution in [1.82, 2.24) is 9.80 Å². The number of nitrogens with zero attached hydrogens (tertiary/aromatic N) is 2. The third kappa shape index (κ3) is 3.44. The van der Waals surface area contributed by atoms with E-state index in [9.17, 15) is 0 Å². The Morgan fingerprint density at radius 1 is 1.08 bits per heavy atom. The monoisotopic (exact) mass is 335 g/mol. The maximum Gasteiger partial charge on any atom is 0.0594 e. The van der Waals surface area contributed by atoms with Gasteiger partial charge in [0.15, 0.2) is 0 Å². The molecule has 2 heterocycles. The second kappa shape index (κ2) is 7.35. The molecule has 0 radical (unpaired) electrons. The minimum absolute atomic E-state index is 0.859. The average Bonchev–Trinajstić information content (AvgIpc) is 2.65. The lowest BCUT2D eigenvalue weighted by Crippen LogP contribution is -2.39. The Kier molecular flexibility index (Phi) is 4.78. The Morgan fingerprint density at radius 2 is 1.88 bits per heavy atom. The number of hydrogen-bond donors (Lipinski definition) is 1. The van der Waals surface area contributed by atoms with Gasteiger partial charge in [0.25, 0.3) is 0 Å². The number of hydrogen-bond acceptors (Lipinski definition) is 4. The van der Waals surface area contributed by atoms with Crippen LogP contribution in [0.2, 0.25) is 0 Å². The molecule has 1 fully saturated rings. The standard InChI is InChI=1S/C21H25N3O/c1-2-9-24-15-17-4-3-5-19-20(7-6-18(16-24)21(17)19)22-8-10-23-11-13-25-14-12-23/h3-7,22H,8,10-16H2,1H3. The Morgan fingerprint density at radius 3 is 2.68 bits per heavy atom. The molecule has 0 unspecified atom stereocenters. The van der Waals surface area contributed by atoms with Crippen LogP contribution in [-0.2, 0) is 17.8 Å². The third-order valence-corrected chi connectivity index (χ3v) is 5.05. The Balaban J connectivity index is 1.53. The number of benzene rings is 2. The van der Waals surface area contributed by atoms with Gasteiger partial charge in [0.05, 0.1) is 26.3 Å². The summed E-state index contributed by atoms with van der Waals surface area (Å²) in [5.41, 5.74) is 3.99. The van der Waals surface area contributed by atoms with Crippen LogP contribution in [0.15, 0.2) is 30.3 Å². The van der Waals surface area contributed by atoms with Crippen LogP contribution in [0.25, 0.3) is 10.8 Å². The van der Waals surface area contributed by atoms with E-state index in [1.807, 2.05) is 6.92 Å². The molecule has 0 saturated carbocycles. The summed E-state index contributed by atoms with van der Waals surface area (Å²) in [6.45, 7) is 9.54. The topological polar surface area (TPSA) is 27.7 Å². The zero-order chi connectivity index (χ0) is 17.1. The second-order valence-electron chi connectivity index (χ2n) is 6.71. The number of anilines is 1. The highest BCUT2D eigenvalue weighted by Gasteiger charge is 2.18.